The molecule has 6 heteroatoms. The van der Waals surface area contributed by atoms with E-state index in [9.17, 15) is 0 Å². The van der Waals surface area contributed by atoms with Gasteiger partial charge in [-0.05, 0) is 54.8 Å². The maximum absolute atomic E-state index is 5.47. The molecule has 0 radical (unpaired) electrons. The maximum atomic E-state index is 5.47. The third kappa shape index (κ3) is 4.59. The molecule has 158 valence electrons. The summed E-state index contributed by atoms with van der Waals surface area (Å²) in [5.74, 6) is 2.98. The monoisotopic (exact) mass is 431 g/mol. The molecule has 0 unspecified atom stereocenters. The SMILES string of the molecule is COc1cc(OC)cc(-c2nnc(SCc3ccccc3C)n2-c2cccc(C)c2)c1. The molecule has 0 spiro atoms. The first-order valence-corrected chi connectivity index (χ1v) is 11.0. The van der Waals surface area contributed by atoms with E-state index in [2.05, 4.69) is 77.1 Å². The van der Waals surface area contributed by atoms with Crippen molar-refractivity contribution in [2.45, 2.75) is 24.8 Å². The average molecular weight is 432 g/mol. The Morgan fingerprint density at radius 2 is 1.58 bits per heavy atom. The molecule has 1 heterocycles. The lowest BCUT2D eigenvalue weighted by Gasteiger charge is -2.13. The molecule has 0 aliphatic carbocycles. The molecule has 0 aliphatic rings. The number of hydrogen-bond acceptors (Lipinski definition) is 5. The molecule has 0 atom stereocenters. The zero-order chi connectivity index (χ0) is 21.8. The van der Waals surface area contributed by atoms with Gasteiger partial charge in [-0.3, -0.25) is 4.57 Å². The second-order valence-electron chi connectivity index (χ2n) is 7.30. The average Bonchev–Trinajstić information content (AvgIpc) is 3.22. The number of aromatic nitrogens is 3. The normalized spacial score (nSPS) is 10.8. The van der Waals surface area contributed by atoms with Crippen LogP contribution >= 0.6 is 11.8 Å². The van der Waals surface area contributed by atoms with Crippen LogP contribution in [-0.2, 0) is 5.75 Å². The van der Waals surface area contributed by atoms with Crippen LogP contribution in [0.15, 0.2) is 71.9 Å². The predicted octanol–water partition coefficient (Wildman–Crippen LogP) is 5.86. The second kappa shape index (κ2) is 9.27. The first kappa shape index (κ1) is 21.0. The standard InChI is InChI=1S/C25H25N3O2S/c1-17-8-7-11-21(12-17)28-24(20-13-22(29-3)15-23(14-20)30-4)26-27-25(28)31-16-19-10-6-5-9-18(19)2/h5-15H,16H2,1-4H3. The molecule has 1 aromatic heterocycles. The van der Waals surface area contributed by atoms with Gasteiger partial charge >= 0.3 is 0 Å². The van der Waals surface area contributed by atoms with Crippen molar-refractivity contribution in [1.29, 1.82) is 0 Å². The summed E-state index contributed by atoms with van der Waals surface area (Å²) in [6, 6.07) is 22.5. The van der Waals surface area contributed by atoms with Gasteiger partial charge in [0, 0.05) is 23.1 Å². The second-order valence-corrected chi connectivity index (χ2v) is 8.24. The Morgan fingerprint density at radius 3 is 2.26 bits per heavy atom. The summed E-state index contributed by atoms with van der Waals surface area (Å²) in [7, 11) is 3.29. The molecule has 4 aromatic rings. The number of methoxy groups -OCH3 is 2. The van der Waals surface area contributed by atoms with Crippen molar-refractivity contribution >= 4 is 11.8 Å². The van der Waals surface area contributed by atoms with Crippen molar-refractivity contribution in [2.75, 3.05) is 14.2 Å². The first-order chi connectivity index (χ1) is 15.1. The topological polar surface area (TPSA) is 49.2 Å². The number of nitrogens with zero attached hydrogens (tertiary/aromatic N) is 3. The van der Waals surface area contributed by atoms with Crippen molar-refractivity contribution in [3.63, 3.8) is 0 Å². The number of aryl methyl sites for hydroxylation is 2. The van der Waals surface area contributed by atoms with Gasteiger partial charge in [-0.2, -0.15) is 0 Å². The van der Waals surface area contributed by atoms with Crippen LogP contribution in [0.3, 0.4) is 0 Å². The van der Waals surface area contributed by atoms with Gasteiger partial charge in [0.25, 0.3) is 0 Å². The predicted molar refractivity (Wildman–Crippen MR) is 125 cm³/mol. The van der Waals surface area contributed by atoms with Crippen molar-refractivity contribution in [1.82, 2.24) is 14.8 Å². The van der Waals surface area contributed by atoms with E-state index in [0.717, 1.165) is 28.0 Å². The van der Waals surface area contributed by atoms with Gasteiger partial charge in [0.2, 0.25) is 0 Å². The fourth-order valence-electron chi connectivity index (χ4n) is 3.40. The lowest BCUT2D eigenvalue weighted by Crippen LogP contribution is -2.01. The number of benzene rings is 3. The van der Waals surface area contributed by atoms with E-state index in [1.54, 1.807) is 26.0 Å². The van der Waals surface area contributed by atoms with E-state index < -0.39 is 0 Å². The van der Waals surface area contributed by atoms with Crippen LogP contribution in [0, 0.1) is 13.8 Å². The molecule has 0 amide bonds. The quantitative estimate of drug-likeness (QED) is 0.343. The highest BCUT2D eigenvalue weighted by Gasteiger charge is 2.18. The molecule has 0 N–H and O–H groups in total. The first-order valence-electron chi connectivity index (χ1n) is 10.0. The molecular formula is C25H25N3O2S. The smallest absolute Gasteiger partial charge is 0.196 e. The van der Waals surface area contributed by atoms with Crippen molar-refractivity contribution in [2.24, 2.45) is 0 Å². The maximum Gasteiger partial charge on any atom is 0.196 e. The minimum absolute atomic E-state index is 0.710. The molecule has 3 aromatic carbocycles. The Kier molecular flexibility index (Phi) is 6.28. The largest absolute Gasteiger partial charge is 0.497 e. The highest BCUT2D eigenvalue weighted by Crippen LogP contribution is 2.34. The molecule has 0 saturated heterocycles. The Bertz CT molecular complexity index is 1180. The van der Waals surface area contributed by atoms with E-state index in [1.165, 1.54) is 16.7 Å². The van der Waals surface area contributed by atoms with E-state index >= 15 is 0 Å². The molecule has 4 rings (SSSR count). The van der Waals surface area contributed by atoms with Crippen LogP contribution in [0.4, 0.5) is 0 Å². The Labute approximate surface area is 187 Å². The van der Waals surface area contributed by atoms with Gasteiger partial charge in [0.15, 0.2) is 11.0 Å². The minimum atomic E-state index is 0.710. The molecule has 0 saturated carbocycles. The van der Waals surface area contributed by atoms with Crippen LogP contribution in [0.1, 0.15) is 16.7 Å². The summed E-state index contributed by atoms with van der Waals surface area (Å²) in [5, 5.41) is 9.95. The fraction of sp³-hybridized carbons (Fsp3) is 0.200. The Balaban J connectivity index is 1.80. The highest BCUT2D eigenvalue weighted by molar-refractivity contribution is 7.98. The van der Waals surface area contributed by atoms with Gasteiger partial charge in [-0.1, -0.05) is 48.2 Å². The summed E-state index contributed by atoms with van der Waals surface area (Å²) in [6.45, 7) is 4.22. The number of hydrogen-bond donors (Lipinski definition) is 0. The molecule has 0 aliphatic heterocycles. The van der Waals surface area contributed by atoms with Crippen LogP contribution < -0.4 is 9.47 Å². The summed E-state index contributed by atoms with van der Waals surface area (Å²) >= 11 is 1.68. The van der Waals surface area contributed by atoms with E-state index in [1.807, 2.05) is 18.2 Å². The molecule has 31 heavy (non-hydrogen) atoms. The number of rotatable bonds is 7. The van der Waals surface area contributed by atoms with E-state index in [0.29, 0.717) is 11.5 Å². The van der Waals surface area contributed by atoms with Crippen molar-refractivity contribution in [3.05, 3.63) is 83.4 Å². The van der Waals surface area contributed by atoms with Crippen molar-refractivity contribution in [3.8, 4) is 28.6 Å². The van der Waals surface area contributed by atoms with Crippen LogP contribution in [0.5, 0.6) is 11.5 Å². The molecule has 0 fully saturated rings. The third-order valence-corrected chi connectivity index (χ3v) is 6.10. The van der Waals surface area contributed by atoms with Gasteiger partial charge in [0.1, 0.15) is 11.5 Å². The zero-order valence-corrected chi connectivity index (χ0v) is 18.9. The summed E-state index contributed by atoms with van der Waals surface area (Å²) in [6.07, 6.45) is 0. The van der Waals surface area contributed by atoms with Gasteiger partial charge in [-0.25, -0.2) is 0 Å². The molecular weight excluding hydrogens is 406 g/mol. The zero-order valence-electron chi connectivity index (χ0n) is 18.1. The number of thioether (sulfide) groups is 1. The van der Waals surface area contributed by atoms with E-state index in [-0.39, 0.29) is 0 Å². The third-order valence-electron chi connectivity index (χ3n) is 5.12. The summed E-state index contributed by atoms with van der Waals surface area (Å²) in [4.78, 5) is 0. The number of ether oxygens (including phenoxy) is 2. The summed E-state index contributed by atoms with van der Waals surface area (Å²) in [5.41, 5.74) is 5.64. The van der Waals surface area contributed by atoms with Gasteiger partial charge in [0.05, 0.1) is 14.2 Å². The van der Waals surface area contributed by atoms with Crippen LogP contribution in [0.2, 0.25) is 0 Å². The summed E-state index contributed by atoms with van der Waals surface area (Å²) < 4.78 is 13.0. The van der Waals surface area contributed by atoms with Crippen molar-refractivity contribution < 1.29 is 9.47 Å². The molecule has 0 bridgehead atoms. The van der Waals surface area contributed by atoms with Crippen LogP contribution in [-0.4, -0.2) is 29.0 Å². The van der Waals surface area contributed by atoms with Gasteiger partial charge in [-0.15, -0.1) is 10.2 Å². The Hall–Kier alpha value is -3.25. The van der Waals surface area contributed by atoms with Gasteiger partial charge < -0.3 is 9.47 Å². The Morgan fingerprint density at radius 1 is 0.839 bits per heavy atom. The van der Waals surface area contributed by atoms with Crippen LogP contribution in [0.25, 0.3) is 17.1 Å². The molecule has 5 nitrogen and oxygen atoms in total. The lowest BCUT2D eigenvalue weighted by molar-refractivity contribution is 0.394. The minimum Gasteiger partial charge on any atom is -0.497 e. The lowest BCUT2D eigenvalue weighted by atomic mass is 10.1. The fourth-order valence-corrected chi connectivity index (χ4v) is 4.43. The van der Waals surface area contributed by atoms with E-state index in [4.69, 9.17) is 9.47 Å². The highest BCUT2D eigenvalue weighted by atomic mass is 32.2.